The Bertz CT molecular complexity index is 1200. The van der Waals surface area contributed by atoms with Gasteiger partial charge in [0, 0.05) is 5.56 Å². The minimum Gasteiger partial charge on any atom is -0.543 e. The Morgan fingerprint density at radius 2 is 1.66 bits per heavy atom. The van der Waals surface area contributed by atoms with Crippen molar-refractivity contribution in [3.63, 3.8) is 0 Å². The van der Waals surface area contributed by atoms with Gasteiger partial charge < -0.3 is 14.6 Å². The fourth-order valence-electron chi connectivity index (χ4n) is 3.73. The molecular formula is C24H17F3NNaO3. The molecule has 3 aromatic rings. The molecular weight excluding hydrogens is 430 g/mol. The summed E-state index contributed by atoms with van der Waals surface area (Å²) >= 11 is 0. The standard InChI is InChI=1S/C24H18F3NO3.Na/c25-18-11-12-19(26)23(27)17(18)13-31-22-10-2-1-5-16(22)14-6-3-7-15(14)20-8-4-9-21(28-20)24(29)30;/h1-2,4-5,8-12H,3,6-7,13H2,(H,29,30);/q;+1/p-1. The van der Waals surface area contributed by atoms with Crippen molar-refractivity contribution in [1.29, 1.82) is 0 Å². The van der Waals surface area contributed by atoms with Crippen molar-refractivity contribution in [3.05, 3.63) is 94.6 Å². The molecule has 158 valence electrons. The van der Waals surface area contributed by atoms with Crippen LogP contribution in [0.1, 0.15) is 46.6 Å². The molecule has 0 aliphatic heterocycles. The SMILES string of the molecule is O=C([O-])c1cccc(C2=C(c3ccccc3OCc3c(F)ccc(F)c3F)CCC2)n1.[Na+]. The van der Waals surface area contributed by atoms with Gasteiger partial charge in [-0.2, -0.15) is 0 Å². The number of nitrogens with zero attached hydrogens (tertiary/aromatic N) is 1. The molecule has 0 N–H and O–H groups in total. The molecule has 0 atom stereocenters. The number of carboxylic acid groups (broad SMARTS) is 1. The van der Waals surface area contributed by atoms with Gasteiger partial charge in [-0.3, -0.25) is 0 Å². The normalized spacial score (nSPS) is 13.1. The number of hydrogen-bond acceptors (Lipinski definition) is 4. The van der Waals surface area contributed by atoms with E-state index in [1.807, 2.05) is 6.07 Å². The number of carbonyl (C=O) groups is 1. The van der Waals surface area contributed by atoms with Crippen molar-refractivity contribution in [2.45, 2.75) is 25.9 Å². The molecule has 0 saturated carbocycles. The third-order valence-electron chi connectivity index (χ3n) is 5.21. The summed E-state index contributed by atoms with van der Waals surface area (Å²) in [5.74, 6) is -4.28. The maximum atomic E-state index is 14.0. The van der Waals surface area contributed by atoms with Gasteiger partial charge in [-0.15, -0.1) is 0 Å². The van der Waals surface area contributed by atoms with Crippen molar-refractivity contribution in [1.82, 2.24) is 4.98 Å². The quantitative estimate of drug-likeness (QED) is 0.425. The Morgan fingerprint density at radius 1 is 0.938 bits per heavy atom. The van der Waals surface area contributed by atoms with Crippen molar-refractivity contribution < 1.29 is 57.4 Å². The van der Waals surface area contributed by atoms with Gasteiger partial charge in [0.05, 0.1) is 22.9 Å². The van der Waals surface area contributed by atoms with E-state index < -0.39 is 35.6 Å². The maximum absolute atomic E-state index is 14.0. The first-order valence-corrected chi connectivity index (χ1v) is 9.71. The van der Waals surface area contributed by atoms with E-state index in [2.05, 4.69) is 4.98 Å². The Balaban J connectivity index is 0.00000289. The number of carboxylic acids is 1. The van der Waals surface area contributed by atoms with E-state index in [1.165, 1.54) is 6.07 Å². The summed E-state index contributed by atoms with van der Waals surface area (Å²) in [7, 11) is 0. The minimum absolute atomic E-state index is 0. The number of allylic oxidation sites excluding steroid dienone is 2. The Labute approximate surface area is 205 Å². The largest absolute Gasteiger partial charge is 1.00 e. The zero-order chi connectivity index (χ0) is 22.0. The molecule has 0 spiro atoms. The molecule has 1 aliphatic rings. The number of carbonyl (C=O) groups excluding carboxylic acids is 1. The summed E-state index contributed by atoms with van der Waals surface area (Å²) < 4.78 is 47.1. The van der Waals surface area contributed by atoms with E-state index in [0.717, 1.165) is 29.7 Å². The number of benzene rings is 2. The van der Waals surface area contributed by atoms with E-state index >= 15 is 0 Å². The number of aromatic carboxylic acids is 1. The Hall–Kier alpha value is -2.61. The van der Waals surface area contributed by atoms with Crippen LogP contribution in [0.3, 0.4) is 0 Å². The van der Waals surface area contributed by atoms with Gasteiger partial charge in [0.1, 0.15) is 18.2 Å². The predicted octanol–water partition coefficient (Wildman–Crippen LogP) is 1.54. The number of pyridine rings is 1. The first-order valence-electron chi connectivity index (χ1n) is 9.71. The van der Waals surface area contributed by atoms with Crippen molar-refractivity contribution in [3.8, 4) is 5.75 Å². The van der Waals surface area contributed by atoms with Gasteiger partial charge in [0.2, 0.25) is 0 Å². The average Bonchev–Trinajstić information content (AvgIpc) is 3.26. The van der Waals surface area contributed by atoms with Crippen molar-refractivity contribution in [2.75, 3.05) is 0 Å². The molecule has 1 heterocycles. The minimum atomic E-state index is -1.36. The van der Waals surface area contributed by atoms with Crippen LogP contribution in [0.25, 0.3) is 11.1 Å². The number of rotatable bonds is 6. The van der Waals surface area contributed by atoms with Crippen LogP contribution in [0.4, 0.5) is 13.2 Å². The average molecular weight is 447 g/mol. The van der Waals surface area contributed by atoms with Crippen molar-refractivity contribution >= 4 is 17.1 Å². The van der Waals surface area contributed by atoms with Gasteiger partial charge in [-0.25, -0.2) is 18.2 Å². The van der Waals surface area contributed by atoms with Gasteiger partial charge >= 0.3 is 29.6 Å². The maximum Gasteiger partial charge on any atom is 1.00 e. The van der Waals surface area contributed by atoms with E-state index in [0.29, 0.717) is 29.8 Å². The van der Waals surface area contributed by atoms with Gasteiger partial charge in [-0.05, 0) is 60.7 Å². The van der Waals surface area contributed by atoms with Gasteiger partial charge in [0.25, 0.3) is 0 Å². The molecule has 4 nitrogen and oxygen atoms in total. The van der Waals surface area contributed by atoms with Crippen molar-refractivity contribution in [2.24, 2.45) is 0 Å². The number of aromatic nitrogens is 1. The first kappa shape index (κ1) is 24.0. The molecule has 0 bridgehead atoms. The topological polar surface area (TPSA) is 62.2 Å². The number of halogens is 3. The predicted molar refractivity (Wildman–Crippen MR) is 106 cm³/mol. The van der Waals surface area contributed by atoms with Gasteiger partial charge in [-0.1, -0.05) is 24.3 Å². The van der Waals surface area contributed by atoms with E-state index in [1.54, 1.807) is 30.3 Å². The summed E-state index contributed by atoms with van der Waals surface area (Å²) in [6.45, 7) is -0.479. The second-order valence-electron chi connectivity index (χ2n) is 7.11. The summed E-state index contributed by atoms with van der Waals surface area (Å²) in [6.07, 6.45) is 2.24. The number of hydrogen-bond donors (Lipinski definition) is 0. The van der Waals surface area contributed by atoms with Crippen LogP contribution in [0.15, 0.2) is 54.6 Å². The molecule has 2 aromatic carbocycles. The van der Waals surface area contributed by atoms with Gasteiger partial charge in [0.15, 0.2) is 11.6 Å². The second kappa shape index (κ2) is 10.3. The Morgan fingerprint density at radius 3 is 2.44 bits per heavy atom. The molecule has 0 fully saturated rings. The molecule has 0 radical (unpaired) electrons. The molecule has 0 amide bonds. The monoisotopic (exact) mass is 447 g/mol. The van der Waals surface area contributed by atoms with E-state index in [4.69, 9.17) is 4.74 Å². The molecule has 0 saturated heterocycles. The number of ether oxygens (including phenoxy) is 1. The summed E-state index contributed by atoms with van der Waals surface area (Å²) in [5, 5.41) is 11.2. The zero-order valence-corrected chi connectivity index (χ0v) is 19.3. The summed E-state index contributed by atoms with van der Waals surface area (Å²) in [6, 6.07) is 13.3. The summed E-state index contributed by atoms with van der Waals surface area (Å²) in [4.78, 5) is 15.4. The Kier molecular flexibility index (Phi) is 7.77. The van der Waals surface area contributed by atoms with Crippen LogP contribution in [0.2, 0.25) is 0 Å². The zero-order valence-electron chi connectivity index (χ0n) is 17.3. The van der Waals surface area contributed by atoms with Crippen LogP contribution in [0, 0.1) is 17.5 Å². The smallest absolute Gasteiger partial charge is 0.543 e. The number of para-hydroxylation sites is 1. The molecule has 1 aromatic heterocycles. The third-order valence-corrected chi connectivity index (χ3v) is 5.21. The van der Waals surface area contributed by atoms with Crippen LogP contribution < -0.4 is 39.4 Å². The molecule has 8 heteroatoms. The van der Waals surface area contributed by atoms with Crippen LogP contribution >= 0.6 is 0 Å². The fraction of sp³-hybridized carbons (Fsp3) is 0.167. The van der Waals surface area contributed by atoms with Crippen LogP contribution in [-0.2, 0) is 6.61 Å². The molecule has 32 heavy (non-hydrogen) atoms. The first-order chi connectivity index (χ1) is 15.0. The van der Waals surface area contributed by atoms with E-state index in [9.17, 15) is 23.1 Å². The fourth-order valence-corrected chi connectivity index (χ4v) is 3.73. The molecule has 4 rings (SSSR count). The molecule has 1 aliphatic carbocycles. The van der Waals surface area contributed by atoms with E-state index in [-0.39, 0.29) is 35.3 Å². The second-order valence-corrected chi connectivity index (χ2v) is 7.11. The third kappa shape index (κ3) is 4.90. The van der Waals surface area contributed by atoms with Crippen LogP contribution in [0.5, 0.6) is 5.75 Å². The van der Waals surface area contributed by atoms with Crippen LogP contribution in [-0.4, -0.2) is 11.0 Å². The molecule has 0 unspecified atom stereocenters. The summed E-state index contributed by atoms with van der Waals surface area (Å²) in [5.41, 5.74) is 2.40.